The van der Waals surface area contributed by atoms with Gasteiger partial charge < -0.3 is 5.32 Å². The standard InChI is InChI=1S/C24H27FN4OS/c1-4-15(2)18-9-6-8-12-21(18)26-23(30)16(3)31-24-28-27-22(29(24)17-13-14-17)19-10-5-7-11-20(19)25/h5-12,15-17H,4,13-14H2,1-3H3,(H,26,30). The lowest BCUT2D eigenvalue weighted by atomic mass is 9.97. The third kappa shape index (κ3) is 4.66. The van der Waals surface area contributed by atoms with E-state index in [9.17, 15) is 9.18 Å². The fourth-order valence-corrected chi connectivity index (χ4v) is 4.47. The molecule has 31 heavy (non-hydrogen) atoms. The van der Waals surface area contributed by atoms with Crippen LogP contribution in [0.15, 0.2) is 53.7 Å². The number of hydrogen-bond donors (Lipinski definition) is 1. The molecule has 3 aromatic rings. The Balaban J connectivity index is 1.54. The molecule has 0 bridgehead atoms. The SMILES string of the molecule is CCC(C)c1ccccc1NC(=O)C(C)Sc1nnc(-c2ccccc2F)n1C1CC1. The number of carbonyl (C=O) groups is 1. The van der Waals surface area contributed by atoms with Crippen molar-refractivity contribution in [2.45, 2.75) is 62.4 Å². The highest BCUT2D eigenvalue weighted by Crippen LogP contribution is 2.42. The summed E-state index contributed by atoms with van der Waals surface area (Å²) >= 11 is 1.36. The van der Waals surface area contributed by atoms with Gasteiger partial charge in [0.1, 0.15) is 5.82 Å². The van der Waals surface area contributed by atoms with Gasteiger partial charge in [-0.25, -0.2) is 4.39 Å². The molecule has 1 aliphatic carbocycles. The molecule has 5 nitrogen and oxygen atoms in total. The van der Waals surface area contributed by atoms with E-state index in [1.165, 1.54) is 17.8 Å². The molecule has 162 valence electrons. The Morgan fingerprint density at radius 2 is 1.87 bits per heavy atom. The summed E-state index contributed by atoms with van der Waals surface area (Å²) in [4.78, 5) is 13.0. The number of amides is 1. The van der Waals surface area contributed by atoms with E-state index in [0.29, 0.717) is 22.5 Å². The first-order valence-corrected chi connectivity index (χ1v) is 11.6. The number of rotatable bonds is 8. The number of halogens is 1. The zero-order valence-corrected chi connectivity index (χ0v) is 18.8. The maximum absolute atomic E-state index is 14.4. The quantitative estimate of drug-likeness (QED) is 0.435. The molecule has 1 fully saturated rings. The van der Waals surface area contributed by atoms with Gasteiger partial charge in [0, 0.05) is 11.7 Å². The smallest absolute Gasteiger partial charge is 0.237 e. The molecule has 1 aromatic heterocycles. The van der Waals surface area contributed by atoms with E-state index in [1.54, 1.807) is 18.2 Å². The molecule has 1 N–H and O–H groups in total. The van der Waals surface area contributed by atoms with Crippen LogP contribution in [0.3, 0.4) is 0 Å². The molecule has 2 aromatic carbocycles. The molecule has 1 amide bonds. The summed E-state index contributed by atoms with van der Waals surface area (Å²) in [7, 11) is 0. The molecular weight excluding hydrogens is 411 g/mol. The molecule has 1 aliphatic rings. The molecule has 4 rings (SSSR count). The first kappa shape index (κ1) is 21.6. The van der Waals surface area contributed by atoms with Gasteiger partial charge in [-0.15, -0.1) is 10.2 Å². The predicted molar refractivity (Wildman–Crippen MR) is 123 cm³/mol. The van der Waals surface area contributed by atoms with E-state index in [0.717, 1.165) is 30.5 Å². The Labute approximate surface area is 186 Å². The van der Waals surface area contributed by atoms with Crippen LogP contribution >= 0.6 is 11.8 Å². The average Bonchev–Trinajstić information content (AvgIpc) is 3.54. The summed E-state index contributed by atoms with van der Waals surface area (Å²) in [6, 6.07) is 14.8. The van der Waals surface area contributed by atoms with Gasteiger partial charge in [0.15, 0.2) is 11.0 Å². The Hall–Kier alpha value is -2.67. The van der Waals surface area contributed by atoms with Crippen molar-refractivity contribution in [3.63, 3.8) is 0 Å². The largest absolute Gasteiger partial charge is 0.325 e. The average molecular weight is 439 g/mol. The van der Waals surface area contributed by atoms with E-state index in [2.05, 4.69) is 35.4 Å². The zero-order valence-electron chi connectivity index (χ0n) is 18.0. The summed E-state index contributed by atoms with van der Waals surface area (Å²) in [5, 5.41) is 11.9. The lowest BCUT2D eigenvalue weighted by Crippen LogP contribution is -2.23. The van der Waals surface area contributed by atoms with Gasteiger partial charge in [0.25, 0.3) is 0 Å². The second-order valence-corrected chi connectivity index (χ2v) is 9.34. The summed E-state index contributed by atoms with van der Waals surface area (Å²) < 4.78 is 16.3. The minimum Gasteiger partial charge on any atom is -0.325 e. The maximum atomic E-state index is 14.4. The molecule has 2 unspecified atom stereocenters. The number of benzene rings is 2. The molecule has 0 saturated heterocycles. The van der Waals surface area contributed by atoms with Gasteiger partial charge in [-0.1, -0.05) is 55.9 Å². The first-order chi connectivity index (χ1) is 15.0. The highest BCUT2D eigenvalue weighted by atomic mass is 32.2. The lowest BCUT2D eigenvalue weighted by molar-refractivity contribution is -0.115. The summed E-state index contributed by atoms with van der Waals surface area (Å²) in [5.74, 6) is 0.484. The monoisotopic (exact) mass is 438 g/mol. The summed E-state index contributed by atoms with van der Waals surface area (Å²) in [6.07, 6.45) is 3.02. The third-order valence-electron chi connectivity index (χ3n) is 5.70. The van der Waals surface area contributed by atoms with Crippen molar-refractivity contribution in [2.75, 3.05) is 5.32 Å². The van der Waals surface area contributed by atoms with Gasteiger partial charge in [-0.2, -0.15) is 0 Å². The molecular formula is C24H27FN4OS. The molecule has 0 spiro atoms. The Kier molecular flexibility index (Phi) is 6.41. The van der Waals surface area contributed by atoms with Crippen molar-refractivity contribution >= 4 is 23.4 Å². The predicted octanol–water partition coefficient (Wildman–Crippen LogP) is 6.05. The number of nitrogens with one attached hydrogen (secondary N) is 1. The van der Waals surface area contributed by atoms with Gasteiger partial charge in [-0.05, 0) is 55.9 Å². The minimum absolute atomic E-state index is 0.0847. The molecule has 7 heteroatoms. The highest BCUT2D eigenvalue weighted by Gasteiger charge is 2.32. The molecule has 0 radical (unpaired) electrons. The van der Waals surface area contributed by atoms with E-state index < -0.39 is 0 Å². The van der Waals surface area contributed by atoms with Crippen LogP contribution in [0.25, 0.3) is 11.4 Å². The van der Waals surface area contributed by atoms with Crippen LogP contribution in [-0.2, 0) is 4.79 Å². The van der Waals surface area contributed by atoms with Crippen molar-refractivity contribution in [2.24, 2.45) is 0 Å². The number of carbonyl (C=O) groups excluding carboxylic acids is 1. The van der Waals surface area contributed by atoms with Crippen LogP contribution in [0.4, 0.5) is 10.1 Å². The Morgan fingerprint density at radius 3 is 2.58 bits per heavy atom. The normalized spacial score (nSPS) is 15.5. The molecule has 1 heterocycles. The van der Waals surface area contributed by atoms with E-state index in [4.69, 9.17) is 0 Å². The van der Waals surface area contributed by atoms with E-state index in [-0.39, 0.29) is 23.0 Å². The van der Waals surface area contributed by atoms with Crippen LogP contribution < -0.4 is 5.32 Å². The summed E-state index contributed by atoms with van der Waals surface area (Å²) in [5.41, 5.74) is 2.43. The second kappa shape index (κ2) is 9.22. The maximum Gasteiger partial charge on any atom is 0.237 e. The number of hydrogen-bond acceptors (Lipinski definition) is 4. The van der Waals surface area contributed by atoms with E-state index >= 15 is 0 Å². The first-order valence-electron chi connectivity index (χ1n) is 10.8. The van der Waals surface area contributed by atoms with Gasteiger partial charge in [0.05, 0.1) is 10.8 Å². The van der Waals surface area contributed by atoms with Gasteiger partial charge >= 0.3 is 0 Å². The number of aromatic nitrogens is 3. The topological polar surface area (TPSA) is 59.8 Å². The van der Waals surface area contributed by atoms with Crippen LogP contribution in [0.5, 0.6) is 0 Å². The van der Waals surface area contributed by atoms with Crippen molar-refractivity contribution in [3.8, 4) is 11.4 Å². The van der Waals surface area contributed by atoms with Crippen molar-refractivity contribution < 1.29 is 9.18 Å². The highest BCUT2D eigenvalue weighted by molar-refractivity contribution is 8.00. The molecule has 2 atom stereocenters. The molecule has 0 aliphatic heterocycles. The Morgan fingerprint density at radius 1 is 1.16 bits per heavy atom. The lowest BCUT2D eigenvalue weighted by Gasteiger charge is -2.18. The minimum atomic E-state index is -0.375. The van der Waals surface area contributed by atoms with Crippen LogP contribution in [0.1, 0.15) is 57.6 Å². The number of para-hydroxylation sites is 1. The fourth-order valence-electron chi connectivity index (χ4n) is 3.55. The van der Waals surface area contributed by atoms with Gasteiger partial charge in [-0.3, -0.25) is 9.36 Å². The van der Waals surface area contributed by atoms with Crippen LogP contribution in [-0.4, -0.2) is 25.9 Å². The third-order valence-corrected chi connectivity index (χ3v) is 6.76. The van der Waals surface area contributed by atoms with Crippen molar-refractivity contribution in [3.05, 3.63) is 59.9 Å². The Bertz CT molecular complexity index is 1080. The molecule has 1 saturated carbocycles. The fraction of sp³-hybridized carbons (Fsp3) is 0.375. The zero-order chi connectivity index (χ0) is 22.0. The van der Waals surface area contributed by atoms with E-state index in [1.807, 2.05) is 29.7 Å². The number of nitrogens with zero attached hydrogens (tertiary/aromatic N) is 3. The number of anilines is 1. The number of thioether (sulfide) groups is 1. The van der Waals surface area contributed by atoms with Crippen LogP contribution in [0.2, 0.25) is 0 Å². The van der Waals surface area contributed by atoms with Crippen molar-refractivity contribution in [1.29, 1.82) is 0 Å². The summed E-state index contributed by atoms with van der Waals surface area (Å²) in [6.45, 7) is 6.16. The second-order valence-electron chi connectivity index (χ2n) is 8.03. The van der Waals surface area contributed by atoms with Crippen molar-refractivity contribution in [1.82, 2.24) is 14.8 Å². The van der Waals surface area contributed by atoms with Gasteiger partial charge in [0.2, 0.25) is 5.91 Å². The van der Waals surface area contributed by atoms with Crippen LogP contribution in [0, 0.1) is 5.82 Å².